The average Bonchev–Trinajstić information content (AvgIpc) is 2.41. The fourth-order valence-electron chi connectivity index (χ4n) is 1.97. The Balaban J connectivity index is 2.25. The van der Waals surface area contributed by atoms with Crippen molar-refractivity contribution in [2.75, 3.05) is 6.54 Å². The van der Waals surface area contributed by atoms with Crippen molar-refractivity contribution in [2.24, 2.45) is 0 Å². The van der Waals surface area contributed by atoms with E-state index in [4.69, 9.17) is 0 Å². The third kappa shape index (κ3) is 2.98. The SMILES string of the molecule is CCNC(=O)c1ccccc1Cc1ccccc1. The maximum atomic E-state index is 11.9. The predicted molar refractivity (Wildman–Crippen MR) is 73.7 cm³/mol. The lowest BCUT2D eigenvalue weighted by atomic mass is 9.99. The number of hydrogen-bond donors (Lipinski definition) is 1. The molecule has 0 aromatic heterocycles. The number of carbonyl (C=O) groups excluding carboxylic acids is 1. The second kappa shape index (κ2) is 6.01. The minimum Gasteiger partial charge on any atom is -0.352 e. The third-order valence-electron chi connectivity index (χ3n) is 2.84. The van der Waals surface area contributed by atoms with E-state index in [1.54, 1.807) is 0 Å². The molecule has 2 rings (SSSR count). The van der Waals surface area contributed by atoms with Gasteiger partial charge >= 0.3 is 0 Å². The average molecular weight is 239 g/mol. The summed E-state index contributed by atoms with van der Waals surface area (Å²) in [7, 11) is 0. The molecule has 1 amide bonds. The largest absolute Gasteiger partial charge is 0.352 e. The molecule has 0 heterocycles. The highest BCUT2D eigenvalue weighted by Crippen LogP contribution is 2.14. The van der Waals surface area contributed by atoms with Crippen molar-refractivity contribution in [1.82, 2.24) is 5.32 Å². The normalized spacial score (nSPS) is 10.1. The van der Waals surface area contributed by atoms with Crippen LogP contribution in [0.25, 0.3) is 0 Å². The van der Waals surface area contributed by atoms with Crippen LogP contribution in [-0.4, -0.2) is 12.5 Å². The standard InChI is InChI=1S/C16H17NO/c1-2-17-16(18)15-11-7-6-10-14(15)12-13-8-4-3-5-9-13/h3-11H,2,12H2,1H3,(H,17,18). The summed E-state index contributed by atoms with van der Waals surface area (Å²) in [5.74, 6) is 0.00373. The summed E-state index contributed by atoms with van der Waals surface area (Å²) in [5.41, 5.74) is 3.05. The molecule has 2 aromatic carbocycles. The van der Waals surface area contributed by atoms with E-state index in [0.717, 1.165) is 17.5 Å². The van der Waals surface area contributed by atoms with E-state index in [0.29, 0.717) is 6.54 Å². The third-order valence-corrected chi connectivity index (χ3v) is 2.84. The zero-order valence-electron chi connectivity index (χ0n) is 10.5. The van der Waals surface area contributed by atoms with Crippen molar-refractivity contribution in [1.29, 1.82) is 0 Å². The first kappa shape index (κ1) is 12.4. The van der Waals surface area contributed by atoms with Gasteiger partial charge in [-0.15, -0.1) is 0 Å². The number of carbonyl (C=O) groups is 1. The van der Waals surface area contributed by atoms with Crippen molar-refractivity contribution in [3.8, 4) is 0 Å². The highest BCUT2D eigenvalue weighted by Gasteiger charge is 2.09. The van der Waals surface area contributed by atoms with E-state index < -0.39 is 0 Å². The van der Waals surface area contributed by atoms with Gasteiger partial charge in [-0.05, 0) is 30.5 Å². The quantitative estimate of drug-likeness (QED) is 0.873. The zero-order valence-corrected chi connectivity index (χ0v) is 10.5. The molecule has 0 radical (unpaired) electrons. The molecule has 0 saturated heterocycles. The number of rotatable bonds is 4. The minimum absolute atomic E-state index is 0.00373. The molecule has 0 saturated carbocycles. The van der Waals surface area contributed by atoms with Crippen LogP contribution in [0.4, 0.5) is 0 Å². The molecule has 1 N–H and O–H groups in total. The van der Waals surface area contributed by atoms with Gasteiger partial charge in [0.15, 0.2) is 0 Å². The van der Waals surface area contributed by atoms with Gasteiger partial charge in [0.05, 0.1) is 0 Å². The Morgan fingerprint density at radius 1 is 1.00 bits per heavy atom. The number of nitrogens with one attached hydrogen (secondary N) is 1. The van der Waals surface area contributed by atoms with Gasteiger partial charge in [0, 0.05) is 12.1 Å². The second-order valence-corrected chi connectivity index (χ2v) is 4.18. The first-order valence-electron chi connectivity index (χ1n) is 6.21. The first-order chi connectivity index (χ1) is 8.81. The lowest BCUT2D eigenvalue weighted by Gasteiger charge is -2.09. The van der Waals surface area contributed by atoms with E-state index in [1.165, 1.54) is 5.56 Å². The van der Waals surface area contributed by atoms with Gasteiger partial charge in [-0.2, -0.15) is 0 Å². The lowest BCUT2D eigenvalue weighted by Crippen LogP contribution is -2.23. The topological polar surface area (TPSA) is 29.1 Å². The molecule has 0 aliphatic heterocycles. The van der Waals surface area contributed by atoms with E-state index in [1.807, 2.05) is 49.4 Å². The molecule has 2 nitrogen and oxygen atoms in total. The monoisotopic (exact) mass is 239 g/mol. The molecule has 0 aliphatic rings. The Hall–Kier alpha value is -2.09. The molecule has 0 spiro atoms. The molecule has 0 fully saturated rings. The summed E-state index contributed by atoms with van der Waals surface area (Å²) in [6.07, 6.45) is 0.786. The minimum atomic E-state index is 0.00373. The van der Waals surface area contributed by atoms with Crippen molar-refractivity contribution >= 4 is 5.91 Å². The second-order valence-electron chi connectivity index (χ2n) is 4.18. The highest BCUT2D eigenvalue weighted by molar-refractivity contribution is 5.95. The summed E-state index contributed by atoms with van der Waals surface area (Å²) in [5, 5.41) is 2.85. The van der Waals surface area contributed by atoms with Gasteiger partial charge in [0.1, 0.15) is 0 Å². The van der Waals surface area contributed by atoms with Crippen molar-refractivity contribution in [3.63, 3.8) is 0 Å². The van der Waals surface area contributed by atoms with Crippen molar-refractivity contribution < 1.29 is 4.79 Å². The lowest BCUT2D eigenvalue weighted by molar-refractivity contribution is 0.0955. The molecular weight excluding hydrogens is 222 g/mol. The summed E-state index contributed by atoms with van der Waals surface area (Å²) in [4.78, 5) is 11.9. The van der Waals surface area contributed by atoms with Gasteiger partial charge in [0.2, 0.25) is 0 Å². The van der Waals surface area contributed by atoms with Crippen LogP contribution in [0, 0.1) is 0 Å². The Labute approximate surface area is 108 Å². The van der Waals surface area contributed by atoms with Crippen LogP contribution in [0.3, 0.4) is 0 Å². The van der Waals surface area contributed by atoms with Gasteiger partial charge in [0.25, 0.3) is 5.91 Å². The van der Waals surface area contributed by atoms with Gasteiger partial charge in [-0.25, -0.2) is 0 Å². The van der Waals surface area contributed by atoms with Crippen LogP contribution in [-0.2, 0) is 6.42 Å². The van der Waals surface area contributed by atoms with Crippen LogP contribution in [0.15, 0.2) is 54.6 Å². The fourth-order valence-corrected chi connectivity index (χ4v) is 1.97. The van der Waals surface area contributed by atoms with E-state index in [2.05, 4.69) is 17.4 Å². The molecule has 18 heavy (non-hydrogen) atoms. The number of hydrogen-bond acceptors (Lipinski definition) is 1. The van der Waals surface area contributed by atoms with Crippen LogP contribution < -0.4 is 5.32 Å². The Kier molecular flexibility index (Phi) is 4.13. The fraction of sp³-hybridized carbons (Fsp3) is 0.188. The Bertz CT molecular complexity index is 520. The Morgan fingerprint density at radius 2 is 1.67 bits per heavy atom. The molecule has 0 unspecified atom stereocenters. The Morgan fingerprint density at radius 3 is 2.39 bits per heavy atom. The van der Waals surface area contributed by atoms with Gasteiger partial charge < -0.3 is 5.32 Å². The first-order valence-corrected chi connectivity index (χ1v) is 6.21. The number of benzene rings is 2. The van der Waals surface area contributed by atoms with Gasteiger partial charge in [-0.3, -0.25) is 4.79 Å². The number of amides is 1. The molecular formula is C16H17NO. The predicted octanol–water partition coefficient (Wildman–Crippen LogP) is 3.03. The van der Waals surface area contributed by atoms with E-state index >= 15 is 0 Å². The molecule has 2 aromatic rings. The van der Waals surface area contributed by atoms with Crippen LogP contribution in [0.1, 0.15) is 28.4 Å². The van der Waals surface area contributed by atoms with Crippen LogP contribution >= 0.6 is 0 Å². The van der Waals surface area contributed by atoms with Crippen molar-refractivity contribution in [3.05, 3.63) is 71.3 Å². The summed E-state index contributed by atoms with van der Waals surface area (Å²) >= 11 is 0. The summed E-state index contributed by atoms with van der Waals surface area (Å²) in [6, 6.07) is 18.0. The highest BCUT2D eigenvalue weighted by atomic mass is 16.1. The molecule has 0 atom stereocenters. The molecule has 92 valence electrons. The molecule has 2 heteroatoms. The van der Waals surface area contributed by atoms with E-state index in [-0.39, 0.29) is 5.91 Å². The van der Waals surface area contributed by atoms with Crippen molar-refractivity contribution in [2.45, 2.75) is 13.3 Å². The zero-order chi connectivity index (χ0) is 12.8. The summed E-state index contributed by atoms with van der Waals surface area (Å²) in [6.45, 7) is 2.58. The van der Waals surface area contributed by atoms with Gasteiger partial charge in [-0.1, -0.05) is 48.5 Å². The van der Waals surface area contributed by atoms with E-state index in [9.17, 15) is 4.79 Å². The summed E-state index contributed by atoms with van der Waals surface area (Å²) < 4.78 is 0. The maximum Gasteiger partial charge on any atom is 0.251 e. The molecule has 0 aliphatic carbocycles. The maximum absolute atomic E-state index is 11.9. The smallest absolute Gasteiger partial charge is 0.251 e. The van der Waals surface area contributed by atoms with Crippen LogP contribution in [0.5, 0.6) is 0 Å². The molecule has 0 bridgehead atoms. The van der Waals surface area contributed by atoms with Crippen LogP contribution in [0.2, 0.25) is 0 Å².